The Morgan fingerprint density at radius 3 is 2.40 bits per heavy atom. The van der Waals surface area contributed by atoms with Gasteiger partial charge in [0.15, 0.2) is 0 Å². The predicted octanol–water partition coefficient (Wildman–Crippen LogP) is 2.41. The highest BCUT2D eigenvalue weighted by atomic mass is 32.1. The molecule has 88 valence electrons. The summed E-state index contributed by atoms with van der Waals surface area (Å²) in [4.78, 5) is 0.409. The lowest BCUT2D eigenvalue weighted by Crippen LogP contribution is -2.21. The Bertz CT molecular complexity index is 238. The van der Waals surface area contributed by atoms with Crippen LogP contribution in [0, 0.1) is 5.41 Å². The smallest absolute Gasteiger partial charge is 0.391 e. The highest BCUT2D eigenvalue weighted by Crippen LogP contribution is 2.49. The number of alkyl halides is 3. The van der Waals surface area contributed by atoms with E-state index in [9.17, 15) is 13.2 Å². The second kappa shape index (κ2) is 4.65. The second-order valence-corrected chi connectivity index (χ2v) is 4.59. The van der Waals surface area contributed by atoms with Gasteiger partial charge in [0.05, 0.1) is 24.6 Å². The fourth-order valence-corrected chi connectivity index (χ4v) is 1.70. The van der Waals surface area contributed by atoms with Crippen molar-refractivity contribution in [3.05, 3.63) is 0 Å². The van der Waals surface area contributed by atoms with Gasteiger partial charge in [0, 0.05) is 11.8 Å². The zero-order valence-electron chi connectivity index (χ0n) is 8.27. The number of halogens is 3. The first-order valence-corrected chi connectivity index (χ1v) is 5.17. The minimum absolute atomic E-state index is 0.0581. The lowest BCUT2D eigenvalue weighted by atomic mass is 10.0. The van der Waals surface area contributed by atoms with Gasteiger partial charge in [-0.25, -0.2) is 0 Å². The number of ether oxygens (including phenoxy) is 1. The lowest BCUT2D eigenvalue weighted by Gasteiger charge is -2.14. The van der Waals surface area contributed by atoms with Crippen LogP contribution in [0.4, 0.5) is 13.2 Å². The van der Waals surface area contributed by atoms with E-state index in [1.165, 1.54) is 0 Å². The minimum atomic E-state index is -4.14. The summed E-state index contributed by atoms with van der Waals surface area (Å²) >= 11 is 4.76. The minimum Gasteiger partial charge on any atom is -0.393 e. The standard InChI is InChI=1S/C9H14F3NOS/c10-9(11,12)3-4-14-6-8(1-2-8)5-7(13)15/h1-6H2,(H2,13,15). The third-order valence-corrected chi connectivity index (χ3v) is 2.59. The average molecular weight is 241 g/mol. The molecule has 0 unspecified atom stereocenters. The molecule has 2 nitrogen and oxygen atoms in total. The Morgan fingerprint density at radius 1 is 1.40 bits per heavy atom. The van der Waals surface area contributed by atoms with Crippen LogP contribution >= 0.6 is 12.2 Å². The third-order valence-electron chi connectivity index (χ3n) is 2.44. The lowest BCUT2D eigenvalue weighted by molar-refractivity contribution is -0.146. The quantitative estimate of drug-likeness (QED) is 0.573. The molecule has 6 heteroatoms. The van der Waals surface area contributed by atoms with Crippen LogP contribution in [0.5, 0.6) is 0 Å². The Labute approximate surface area is 92.0 Å². The Kier molecular flexibility index (Phi) is 3.94. The van der Waals surface area contributed by atoms with Gasteiger partial charge in [-0.05, 0) is 12.8 Å². The monoisotopic (exact) mass is 241 g/mol. The van der Waals surface area contributed by atoms with Crippen molar-refractivity contribution in [3.63, 3.8) is 0 Å². The average Bonchev–Trinajstić information content (AvgIpc) is 2.76. The Morgan fingerprint density at radius 2 is 2.00 bits per heavy atom. The molecule has 0 bridgehead atoms. The first kappa shape index (κ1) is 12.7. The maximum atomic E-state index is 11.8. The molecule has 0 aromatic carbocycles. The zero-order valence-corrected chi connectivity index (χ0v) is 9.09. The molecule has 0 aliphatic heterocycles. The highest BCUT2D eigenvalue weighted by molar-refractivity contribution is 7.80. The molecule has 0 atom stereocenters. The predicted molar refractivity (Wildman–Crippen MR) is 54.6 cm³/mol. The van der Waals surface area contributed by atoms with E-state index < -0.39 is 12.6 Å². The Balaban J connectivity index is 2.12. The molecule has 1 aliphatic carbocycles. The number of rotatable bonds is 6. The number of hydrogen-bond acceptors (Lipinski definition) is 2. The van der Waals surface area contributed by atoms with Gasteiger partial charge >= 0.3 is 6.18 Å². The van der Waals surface area contributed by atoms with Crippen molar-refractivity contribution in [1.29, 1.82) is 0 Å². The van der Waals surface area contributed by atoms with Crippen molar-refractivity contribution in [1.82, 2.24) is 0 Å². The summed E-state index contributed by atoms with van der Waals surface area (Å²) in [6, 6.07) is 0. The molecule has 0 radical (unpaired) electrons. The van der Waals surface area contributed by atoms with Gasteiger partial charge in [-0.1, -0.05) is 12.2 Å². The van der Waals surface area contributed by atoms with E-state index in [2.05, 4.69) is 0 Å². The van der Waals surface area contributed by atoms with Crippen molar-refractivity contribution in [3.8, 4) is 0 Å². The summed E-state index contributed by atoms with van der Waals surface area (Å²) < 4.78 is 40.3. The van der Waals surface area contributed by atoms with E-state index in [-0.39, 0.29) is 12.0 Å². The van der Waals surface area contributed by atoms with Crippen LogP contribution in [0.2, 0.25) is 0 Å². The van der Waals surface area contributed by atoms with Crippen LogP contribution in [0.25, 0.3) is 0 Å². The maximum Gasteiger partial charge on any atom is 0.391 e. The molecule has 1 saturated carbocycles. The number of hydrogen-bond donors (Lipinski definition) is 1. The Hall–Kier alpha value is -0.360. The van der Waals surface area contributed by atoms with Crippen LogP contribution in [-0.2, 0) is 4.74 Å². The van der Waals surface area contributed by atoms with Crippen molar-refractivity contribution in [2.24, 2.45) is 11.1 Å². The SMILES string of the molecule is NC(=S)CC1(COCCC(F)(F)F)CC1. The molecule has 0 saturated heterocycles. The third kappa shape index (κ3) is 5.32. The van der Waals surface area contributed by atoms with Crippen molar-refractivity contribution in [2.45, 2.75) is 31.9 Å². The maximum absolute atomic E-state index is 11.8. The molecule has 0 aromatic heterocycles. The highest BCUT2D eigenvalue weighted by Gasteiger charge is 2.43. The molecule has 0 amide bonds. The normalized spacial score (nSPS) is 18.9. The summed E-state index contributed by atoms with van der Waals surface area (Å²) in [6.07, 6.45) is -2.57. The van der Waals surface area contributed by atoms with E-state index in [0.29, 0.717) is 18.0 Å². The first-order valence-electron chi connectivity index (χ1n) is 4.76. The van der Waals surface area contributed by atoms with Gasteiger partial charge in [-0.2, -0.15) is 13.2 Å². The number of nitrogens with two attached hydrogens (primary N) is 1. The van der Waals surface area contributed by atoms with Gasteiger partial charge in [0.25, 0.3) is 0 Å². The van der Waals surface area contributed by atoms with Crippen LogP contribution in [0.3, 0.4) is 0 Å². The molecular formula is C9H14F3NOS. The van der Waals surface area contributed by atoms with E-state index in [0.717, 1.165) is 12.8 Å². The van der Waals surface area contributed by atoms with E-state index in [4.69, 9.17) is 22.7 Å². The van der Waals surface area contributed by atoms with E-state index in [1.807, 2.05) is 0 Å². The summed E-state index contributed by atoms with van der Waals surface area (Å²) in [5, 5.41) is 0. The van der Waals surface area contributed by atoms with E-state index in [1.54, 1.807) is 0 Å². The van der Waals surface area contributed by atoms with Gasteiger partial charge < -0.3 is 10.5 Å². The molecule has 1 aliphatic rings. The van der Waals surface area contributed by atoms with Gasteiger partial charge in [0.1, 0.15) is 0 Å². The van der Waals surface area contributed by atoms with Crippen LogP contribution in [0.15, 0.2) is 0 Å². The molecular weight excluding hydrogens is 227 g/mol. The van der Waals surface area contributed by atoms with Gasteiger partial charge in [-0.3, -0.25) is 0 Å². The molecule has 0 heterocycles. The first-order chi connectivity index (χ1) is 6.83. The zero-order chi connectivity index (χ0) is 11.5. The largest absolute Gasteiger partial charge is 0.393 e. The van der Waals surface area contributed by atoms with Crippen molar-refractivity contribution >= 4 is 17.2 Å². The fraction of sp³-hybridized carbons (Fsp3) is 0.889. The summed E-state index contributed by atoms with van der Waals surface area (Å²) in [7, 11) is 0. The van der Waals surface area contributed by atoms with E-state index >= 15 is 0 Å². The number of thiocarbonyl (C=S) groups is 1. The summed E-state index contributed by atoms with van der Waals surface area (Å²) in [5.74, 6) is 0. The van der Waals surface area contributed by atoms with Crippen LogP contribution < -0.4 is 5.73 Å². The fourth-order valence-electron chi connectivity index (χ4n) is 1.40. The van der Waals surface area contributed by atoms with Crippen LogP contribution in [0.1, 0.15) is 25.7 Å². The topological polar surface area (TPSA) is 35.2 Å². The summed E-state index contributed by atoms with van der Waals surface area (Å²) in [6.45, 7) is 0.0585. The van der Waals surface area contributed by atoms with Crippen molar-refractivity contribution < 1.29 is 17.9 Å². The van der Waals surface area contributed by atoms with Crippen LogP contribution in [-0.4, -0.2) is 24.4 Å². The van der Waals surface area contributed by atoms with Gasteiger partial charge in [0.2, 0.25) is 0 Å². The summed E-state index contributed by atoms with van der Waals surface area (Å²) in [5.41, 5.74) is 5.33. The van der Waals surface area contributed by atoms with Gasteiger partial charge in [-0.15, -0.1) is 0 Å². The molecule has 1 rings (SSSR count). The molecule has 2 N–H and O–H groups in total. The second-order valence-electron chi connectivity index (χ2n) is 4.06. The molecule has 1 fully saturated rings. The molecule has 0 spiro atoms. The molecule has 15 heavy (non-hydrogen) atoms. The molecule has 0 aromatic rings. The van der Waals surface area contributed by atoms with Crippen molar-refractivity contribution in [2.75, 3.05) is 13.2 Å².